The first kappa shape index (κ1) is 11.2. The van der Waals surface area contributed by atoms with Crippen LogP contribution in [0.25, 0.3) is 0 Å². The van der Waals surface area contributed by atoms with Gasteiger partial charge >= 0.3 is 5.69 Å². The number of anilines is 1. The fourth-order valence-corrected chi connectivity index (χ4v) is 2.43. The predicted octanol–water partition coefficient (Wildman–Crippen LogP) is 1.52. The van der Waals surface area contributed by atoms with E-state index >= 15 is 0 Å². The maximum Gasteiger partial charge on any atom is 0.347 e. The quantitative estimate of drug-likeness (QED) is 0.847. The first-order valence-corrected chi connectivity index (χ1v) is 6.13. The van der Waals surface area contributed by atoms with Crippen LogP contribution in [-0.4, -0.2) is 20.9 Å². The highest BCUT2D eigenvalue weighted by Crippen LogP contribution is 2.28. The Morgan fingerprint density at radius 2 is 2.06 bits per heavy atom. The first-order valence-electron chi connectivity index (χ1n) is 6.13. The summed E-state index contributed by atoms with van der Waals surface area (Å²) in [6.45, 7) is 2.81. The van der Waals surface area contributed by atoms with Gasteiger partial charge in [0.05, 0.1) is 0 Å². The summed E-state index contributed by atoms with van der Waals surface area (Å²) in [5.74, 6) is 0.724. The third-order valence-corrected chi connectivity index (χ3v) is 3.23. The van der Waals surface area contributed by atoms with Crippen LogP contribution < -0.4 is 11.0 Å². The number of nitrogens with one attached hydrogen (secondary N) is 1. The Hall–Kier alpha value is -1.26. The van der Waals surface area contributed by atoms with Crippen LogP contribution in [0, 0.1) is 0 Å². The summed E-state index contributed by atoms with van der Waals surface area (Å²) in [5, 5.41) is 7.40. The normalized spacial score (nSPS) is 17.6. The van der Waals surface area contributed by atoms with Gasteiger partial charge in [-0.1, -0.05) is 19.3 Å². The summed E-state index contributed by atoms with van der Waals surface area (Å²) in [7, 11) is 1.71. The Labute approximate surface area is 95.5 Å². The number of aromatic nitrogens is 3. The van der Waals surface area contributed by atoms with Crippen molar-refractivity contribution >= 4 is 5.95 Å². The Kier molecular flexibility index (Phi) is 3.31. The van der Waals surface area contributed by atoms with Crippen molar-refractivity contribution in [2.75, 3.05) is 11.9 Å². The molecule has 5 heteroatoms. The molecule has 0 bridgehead atoms. The topological polar surface area (TPSA) is 51.9 Å². The fourth-order valence-electron chi connectivity index (χ4n) is 2.43. The van der Waals surface area contributed by atoms with Crippen LogP contribution in [0.3, 0.4) is 0 Å². The van der Waals surface area contributed by atoms with E-state index in [0.717, 1.165) is 25.3 Å². The van der Waals surface area contributed by atoms with E-state index in [1.54, 1.807) is 7.05 Å². The minimum atomic E-state index is 0.00264. The number of aryl methyl sites for hydroxylation is 1. The van der Waals surface area contributed by atoms with Crippen LogP contribution >= 0.6 is 0 Å². The molecular weight excluding hydrogens is 204 g/mol. The van der Waals surface area contributed by atoms with E-state index in [1.165, 1.54) is 23.9 Å². The molecule has 1 aliphatic rings. The molecule has 0 spiro atoms. The van der Waals surface area contributed by atoms with Gasteiger partial charge in [0.15, 0.2) is 0 Å². The molecule has 0 unspecified atom stereocenters. The summed E-state index contributed by atoms with van der Waals surface area (Å²) < 4.78 is 3.26. The second-order valence-corrected chi connectivity index (χ2v) is 4.42. The monoisotopic (exact) mass is 224 g/mol. The molecule has 0 atom stereocenters. The van der Waals surface area contributed by atoms with Crippen molar-refractivity contribution in [2.45, 2.75) is 45.1 Å². The Morgan fingerprint density at radius 1 is 1.38 bits per heavy atom. The summed E-state index contributed by atoms with van der Waals surface area (Å²) in [6, 6.07) is 0.337. The number of nitrogens with zero attached hydrogens (tertiary/aromatic N) is 3. The highest BCUT2D eigenvalue weighted by molar-refractivity contribution is 5.24. The lowest BCUT2D eigenvalue weighted by Crippen LogP contribution is -2.28. The van der Waals surface area contributed by atoms with E-state index in [9.17, 15) is 4.79 Å². The van der Waals surface area contributed by atoms with Gasteiger partial charge in [-0.15, -0.1) is 5.10 Å². The van der Waals surface area contributed by atoms with Crippen LogP contribution in [0.5, 0.6) is 0 Å². The van der Waals surface area contributed by atoms with Crippen molar-refractivity contribution in [1.29, 1.82) is 0 Å². The number of rotatable bonds is 3. The molecule has 1 aliphatic carbocycles. The van der Waals surface area contributed by atoms with Gasteiger partial charge in [0, 0.05) is 19.6 Å². The summed E-state index contributed by atoms with van der Waals surface area (Å²) in [5.41, 5.74) is 0.00264. The van der Waals surface area contributed by atoms with Crippen molar-refractivity contribution in [1.82, 2.24) is 14.3 Å². The van der Waals surface area contributed by atoms with Crippen LogP contribution in [0.2, 0.25) is 0 Å². The highest BCUT2D eigenvalue weighted by Gasteiger charge is 2.21. The molecule has 1 aromatic heterocycles. The summed E-state index contributed by atoms with van der Waals surface area (Å²) in [4.78, 5) is 12.0. The van der Waals surface area contributed by atoms with Crippen molar-refractivity contribution in [3.8, 4) is 0 Å². The molecule has 0 aromatic carbocycles. The second-order valence-electron chi connectivity index (χ2n) is 4.42. The van der Waals surface area contributed by atoms with Gasteiger partial charge in [0.1, 0.15) is 0 Å². The van der Waals surface area contributed by atoms with E-state index in [-0.39, 0.29) is 5.69 Å². The van der Waals surface area contributed by atoms with Gasteiger partial charge in [0.25, 0.3) is 0 Å². The standard InChI is InChI=1S/C11H20N4O/c1-3-12-10-13-14(2)11(16)15(10)9-7-5-4-6-8-9/h9H,3-8H2,1-2H3,(H,12,13). The van der Waals surface area contributed by atoms with Gasteiger partial charge in [-0.3, -0.25) is 4.57 Å². The molecule has 1 saturated carbocycles. The molecule has 1 N–H and O–H groups in total. The van der Waals surface area contributed by atoms with E-state index < -0.39 is 0 Å². The molecule has 16 heavy (non-hydrogen) atoms. The van der Waals surface area contributed by atoms with Gasteiger partial charge in [-0.05, 0) is 19.8 Å². The molecule has 90 valence electrons. The van der Waals surface area contributed by atoms with E-state index in [1.807, 2.05) is 11.5 Å². The largest absolute Gasteiger partial charge is 0.355 e. The average molecular weight is 224 g/mol. The molecule has 5 nitrogen and oxygen atoms in total. The van der Waals surface area contributed by atoms with Crippen LogP contribution in [0.4, 0.5) is 5.95 Å². The predicted molar refractivity (Wildman–Crippen MR) is 63.8 cm³/mol. The molecule has 2 rings (SSSR count). The van der Waals surface area contributed by atoms with Crippen molar-refractivity contribution in [3.05, 3.63) is 10.5 Å². The van der Waals surface area contributed by atoms with Gasteiger partial charge < -0.3 is 5.32 Å². The SMILES string of the molecule is CCNc1nn(C)c(=O)n1C1CCCCC1. The Balaban J connectivity index is 2.32. The first-order chi connectivity index (χ1) is 7.74. The molecule has 0 saturated heterocycles. The van der Waals surface area contributed by atoms with Crippen molar-refractivity contribution in [3.63, 3.8) is 0 Å². The third kappa shape index (κ3) is 1.99. The van der Waals surface area contributed by atoms with Gasteiger partial charge in [-0.25, -0.2) is 9.48 Å². The van der Waals surface area contributed by atoms with Gasteiger partial charge in [0.2, 0.25) is 5.95 Å². The highest BCUT2D eigenvalue weighted by atomic mass is 16.2. The Morgan fingerprint density at radius 3 is 2.69 bits per heavy atom. The minimum absolute atomic E-state index is 0.00264. The average Bonchev–Trinajstić information content (AvgIpc) is 2.57. The maximum atomic E-state index is 12.0. The zero-order valence-corrected chi connectivity index (χ0v) is 10.1. The van der Waals surface area contributed by atoms with E-state index in [0.29, 0.717) is 6.04 Å². The lowest BCUT2D eigenvalue weighted by atomic mass is 9.95. The summed E-state index contributed by atoms with van der Waals surface area (Å²) in [6.07, 6.45) is 5.94. The van der Waals surface area contributed by atoms with Crippen LogP contribution in [0.15, 0.2) is 4.79 Å². The molecule has 1 heterocycles. The molecule has 1 fully saturated rings. The van der Waals surface area contributed by atoms with Crippen molar-refractivity contribution < 1.29 is 0 Å². The van der Waals surface area contributed by atoms with Crippen molar-refractivity contribution in [2.24, 2.45) is 7.05 Å². The lowest BCUT2D eigenvalue weighted by Gasteiger charge is -2.23. The molecule has 0 radical (unpaired) electrons. The minimum Gasteiger partial charge on any atom is -0.355 e. The smallest absolute Gasteiger partial charge is 0.347 e. The molecular formula is C11H20N4O. The van der Waals surface area contributed by atoms with E-state index in [2.05, 4.69) is 10.4 Å². The zero-order chi connectivity index (χ0) is 11.5. The lowest BCUT2D eigenvalue weighted by molar-refractivity contribution is 0.347. The molecule has 1 aromatic rings. The second kappa shape index (κ2) is 4.72. The van der Waals surface area contributed by atoms with E-state index in [4.69, 9.17) is 0 Å². The Bertz CT molecular complexity index is 401. The van der Waals surface area contributed by atoms with Crippen LogP contribution in [0.1, 0.15) is 45.1 Å². The molecule has 0 aliphatic heterocycles. The summed E-state index contributed by atoms with van der Waals surface area (Å²) >= 11 is 0. The maximum absolute atomic E-state index is 12.0. The third-order valence-electron chi connectivity index (χ3n) is 3.23. The molecule has 0 amide bonds. The zero-order valence-electron chi connectivity index (χ0n) is 10.1. The van der Waals surface area contributed by atoms with Gasteiger partial charge in [-0.2, -0.15) is 0 Å². The number of hydrogen-bond acceptors (Lipinski definition) is 3. The van der Waals surface area contributed by atoms with Crippen LogP contribution in [-0.2, 0) is 7.05 Å². The fraction of sp³-hybridized carbons (Fsp3) is 0.818. The number of hydrogen-bond donors (Lipinski definition) is 1.